The van der Waals surface area contributed by atoms with Crippen LogP contribution in [0.15, 0.2) is 18.3 Å². The SMILES string of the molecule is CCCN(CCC)C(=O)Cc1c(C)nc2c(C)cccn12. The van der Waals surface area contributed by atoms with E-state index in [1.54, 1.807) is 0 Å². The third-order valence-corrected chi connectivity index (χ3v) is 3.80. The van der Waals surface area contributed by atoms with Crippen LogP contribution in [0.3, 0.4) is 0 Å². The van der Waals surface area contributed by atoms with Crippen LogP contribution in [0.5, 0.6) is 0 Å². The predicted molar refractivity (Wildman–Crippen MR) is 85.5 cm³/mol. The highest BCUT2D eigenvalue weighted by molar-refractivity contribution is 5.79. The average molecular weight is 287 g/mol. The minimum absolute atomic E-state index is 0.199. The lowest BCUT2D eigenvalue weighted by Gasteiger charge is -2.21. The molecule has 4 heteroatoms. The van der Waals surface area contributed by atoms with E-state index in [1.807, 2.05) is 37.1 Å². The fraction of sp³-hybridized carbons (Fsp3) is 0.529. The quantitative estimate of drug-likeness (QED) is 0.818. The first-order chi connectivity index (χ1) is 10.1. The molecule has 0 aliphatic carbocycles. The van der Waals surface area contributed by atoms with Gasteiger partial charge >= 0.3 is 0 Å². The van der Waals surface area contributed by atoms with Crippen LogP contribution < -0.4 is 0 Å². The highest BCUT2D eigenvalue weighted by Crippen LogP contribution is 2.16. The van der Waals surface area contributed by atoms with Crippen molar-refractivity contribution in [2.75, 3.05) is 13.1 Å². The normalized spacial score (nSPS) is 11.0. The number of nitrogens with zero attached hydrogens (tertiary/aromatic N) is 3. The maximum Gasteiger partial charge on any atom is 0.228 e. The first-order valence-electron chi connectivity index (χ1n) is 7.79. The molecule has 114 valence electrons. The smallest absolute Gasteiger partial charge is 0.228 e. The van der Waals surface area contributed by atoms with Crippen molar-refractivity contribution in [2.45, 2.75) is 47.0 Å². The van der Waals surface area contributed by atoms with Crippen LogP contribution in [0.25, 0.3) is 5.65 Å². The van der Waals surface area contributed by atoms with E-state index in [0.717, 1.165) is 48.5 Å². The number of pyridine rings is 1. The molecule has 0 N–H and O–H groups in total. The molecule has 0 aromatic carbocycles. The summed E-state index contributed by atoms with van der Waals surface area (Å²) in [5, 5.41) is 0. The van der Waals surface area contributed by atoms with Gasteiger partial charge in [0.05, 0.1) is 17.8 Å². The van der Waals surface area contributed by atoms with Gasteiger partial charge in [-0.2, -0.15) is 0 Å². The number of aromatic nitrogens is 2. The molecule has 0 aliphatic heterocycles. The van der Waals surface area contributed by atoms with Gasteiger partial charge in [0.25, 0.3) is 0 Å². The van der Waals surface area contributed by atoms with Gasteiger partial charge in [0, 0.05) is 19.3 Å². The van der Waals surface area contributed by atoms with Gasteiger partial charge < -0.3 is 9.30 Å². The summed E-state index contributed by atoms with van der Waals surface area (Å²) in [4.78, 5) is 19.1. The van der Waals surface area contributed by atoms with Crippen molar-refractivity contribution in [3.05, 3.63) is 35.3 Å². The molecule has 2 aromatic heterocycles. The Morgan fingerprint density at radius 2 is 1.90 bits per heavy atom. The van der Waals surface area contributed by atoms with Gasteiger partial charge in [-0.25, -0.2) is 4.98 Å². The second-order valence-electron chi connectivity index (χ2n) is 5.59. The highest BCUT2D eigenvalue weighted by Gasteiger charge is 2.17. The molecule has 0 radical (unpaired) electrons. The molecule has 2 rings (SSSR count). The monoisotopic (exact) mass is 287 g/mol. The first-order valence-corrected chi connectivity index (χ1v) is 7.79. The molecule has 2 heterocycles. The Morgan fingerprint density at radius 1 is 1.24 bits per heavy atom. The van der Waals surface area contributed by atoms with E-state index in [-0.39, 0.29) is 5.91 Å². The molecule has 0 fully saturated rings. The Bertz CT molecular complexity index is 624. The van der Waals surface area contributed by atoms with E-state index in [0.29, 0.717) is 6.42 Å². The van der Waals surface area contributed by atoms with Crippen LogP contribution in [0, 0.1) is 13.8 Å². The van der Waals surface area contributed by atoms with Crippen molar-refractivity contribution < 1.29 is 4.79 Å². The Morgan fingerprint density at radius 3 is 2.52 bits per heavy atom. The van der Waals surface area contributed by atoms with E-state index in [9.17, 15) is 4.79 Å². The third kappa shape index (κ3) is 3.26. The molecule has 21 heavy (non-hydrogen) atoms. The van der Waals surface area contributed by atoms with E-state index >= 15 is 0 Å². The van der Waals surface area contributed by atoms with E-state index < -0.39 is 0 Å². The number of rotatable bonds is 6. The zero-order chi connectivity index (χ0) is 15.4. The summed E-state index contributed by atoms with van der Waals surface area (Å²) in [6.07, 6.45) is 4.42. The van der Waals surface area contributed by atoms with Crippen molar-refractivity contribution in [3.63, 3.8) is 0 Å². The average Bonchev–Trinajstić information content (AvgIpc) is 2.77. The molecule has 0 bridgehead atoms. The summed E-state index contributed by atoms with van der Waals surface area (Å²) in [5.74, 6) is 0.199. The molecule has 0 saturated carbocycles. The number of carbonyl (C=O) groups excluding carboxylic acids is 1. The van der Waals surface area contributed by atoms with Crippen molar-refractivity contribution >= 4 is 11.6 Å². The number of amides is 1. The van der Waals surface area contributed by atoms with Crippen molar-refractivity contribution in [1.82, 2.24) is 14.3 Å². The van der Waals surface area contributed by atoms with Crippen LogP contribution in [0.1, 0.15) is 43.6 Å². The molecule has 2 aromatic rings. The fourth-order valence-electron chi connectivity index (χ4n) is 2.74. The van der Waals surface area contributed by atoms with Crippen LogP contribution in [0.2, 0.25) is 0 Å². The number of carbonyl (C=O) groups is 1. The van der Waals surface area contributed by atoms with Crippen molar-refractivity contribution in [1.29, 1.82) is 0 Å². The Labute approximate surface area is 126 Å². The maximum atomic E-state index is 12.6. The molecule has 0 spiro atoms. The van der Waals surface area contributed by atoms with Crippen LogP contribution in [-0.2, 0) is 11.2 Å². The largest absolute Gasteiger partial charge is 0.342 e. The van der Waals surface area contributed by atoms with Gasteiger partial charge in [0.15, 0.2) is 0 Å². The van der Waals surface area contributed by atoms with Gasteiger partial charge in [-0.3, -0.25) is 4.79 Å². The molecule has 0 unspecified atom stereocenters. The topological polar surface area (TPSA) is 37.6 Å². The molecular weight excluding hydrogens is 262 g/mol. The molecule has 0 atom stereocenters. The second-order valence-corrected chi connectivity index (χ2v) is 5.59. The highest BCUT2D eigenvalue weighted by atomic mass is 16.2. The molecule has 4 nitrogen and oxygen atoms in total. The van der Waals surface area contributed by atoms with Crippen molar-refractivity contribution in [2.24, 2.45) is 0 Å². The maximum absolute atomic E-state index is 12.6. The minimum Gasteiger partial charge on any atom is -0.342 e. The van der Waals surface area contributed by atoms with Gasteiger partial charge in [-0.05, 0) is 38.3 Å². The Kier molecular flexibility index (Phi) is 4.99. The van der Waals surface area contributed by atoms with Crippen LogP contribution >= 0.6 is 0 Å². The Hall–Kier alpha value is -1.84. The molecular formula is C17H25N3O. The number of imidazole rings is 1. The first kappa shape index (κ1) is 15.5. The van der Waals surface area contributed by atoms with Crippen LogP contribution in [-0.4, -0.2) is 33.3 Å². The van der Waals surface area contributed by atoms with Gasteiger partial charge in [0.2, 0.25) is 5.91 Å². The lowest BCUT2D eigenvalue weighted by Crippen LogP contribution is -2.34. The minimum atomic E-state index is 0.199. The summed E-state index contributed by atoms with van der Waals surface area (Å²) >= 11 is 0. The Balaban J connectivity index is 2.28. The van der Waals surface area contributed by atoms with Gasteiger partial charge in [-0.15, -0.1) is 0 Å². The number of hydrogen-bond acceptors (Lipinski definition) is 2. The summed E-state index contributed by atoms with van der Waals surface area (Å²) < 4.78 is 2.05. The zero-order valence-electron chi connectivity index (χ0n) is 13.5. The van der Waals surface area contributed by atoms with E-state index in [4.69, 9.17) is 0 Å². The molecule has 0 aliphatic rings. The lowest BCUT2D eigenvalue weighted by molar-refractivity contribution is -0.130. The number of fused-ring (bicyclic) bond motifs is 1. The molecule has 0 saturated heterocycles. The second kappa shape index (κ2) is 6.74. The fourth-order valence-corrected chi connectivity index (χ4v) is 2.74. The van der Waals surface area contributed by atoms with Gasteiger partial charge in [-0.1, -0.05) is 19.9 Å². The summed E-state index contributed by atoms with van der Waals surface area (Å²) in [6, 6.07) is 4.06. The van der Waals surface area contributed by atoms with Crippen molar-refractivity contribution in [3.8, 4) is 0 Å². The predicted octanol–water partition coefficient (Wildman–Crippen LogP) is 3.14. The summed E-state index contributed by atoms with van der Waals surface area (Å²) in [6.45, 7) is 9.92. The summed E-state index contributed by atoms with van der Waals surface area (Å²) in [7, 11) is 0. The molecule has 1 amide bonds. The third-order valence-electron chi connectivity index (χ3n) is 3.80. The van der Waals surface area contributed by atoms with E-state index in [2.05, 4.69) is 23.2 Å². The summed E-state index contributed by atoms with van der Waals surface area (Å²) in [5.41, 5.74) is 4.05. The lowest BCUT2D eigenvalue weighted by atomic mass is 10.2. The zero-order valence-corrected chi connectivity index (χ0v) is 13.5. The number of hydrogen-bond donors (Lipinski definition) is 0. The van der Waals surface area contributed by atoms with Crippen LogP contribution in [0.4, 0.5) is 0 Å². The van der Waals surface area contributed by atoms with Gasteiger partial charge in [0.1, 0.15) is 5.65 Å². The van der Waals surface area contributed by atoms with E-state index in [1.165, 1.54) is 0 Å². The number of aryl methyl sites for hydroxylation is 2. The standard InChI is InChI=1S/C17H25N3O/c1-5-9-19(10-6-2)16(21)12-15-14(4)18-17-13(3)8-7-11-20(15)17/h7-8,11H,5-6,9-10,12H2,1-4H3.